The molecule has 1 aromatic heterocycles. The second kappa shape index (κ2) is 7.36. The number of amides is 4. The summed E-state index contributed by atoms with van der Waals surface area (Å²) in [4.78, 5) is 40.9. The minimum absolute atomic E-state index is 0.220. The topological polar surface area (TPSA) is 100 Å². The summed E-state index contributed by atoms with van der Waals surface area (Å²) in [5.74, 6) is -0.502. The maximum atomic E-state index is 12.8. The quantitative estimate of drug-likeness (QED) is 0.576. The third-order valence-electron chi connectivity index (χ3n) is 5.90. The number of carbonyl (C=O) groups excluding carboxylic acids is 3. The van der Waals surface area contributed by atoms with Crippen LogP contribution in [0.2, 0.25) is 0 Å². The second-order valence-electron chi connectivity index (χ2n) is 7.93. The smallest absolute Gasteiger partial charge is 0.322 e. The van der Waals surface area contributed by atoms with Crippen molar-refractivity contribution in [3.63, 3.8) is 0 Å². The van der Waals surface area contributed by atoms with Crippen molar-refractivity contribution >= 4 is 23.5 Å². The van der Waals surface area contributed by atoms with Gasteiger partial charge in [0.2, 0.25) is 0 Å². The number of hydrogen-bond acceptors (Lipinski definition) is 4. The van der Waals surface area contributed by atoms with Gasteiger partial charge < -0.3 is 10.6 Å². The van der Waals surface area contributed by atoms with Crippen LogP contribution in [0.1, 0.15) is 27.9 Å². The fourth-order valence-electron chi connectivity index (χ4n) is 4.26. The molecule has 1 spiro atoms. The van der Waals surface area contributed by atoms with Crippen LogP contribution in [0.25, 0.3) is 11.1 Å². The average molecular weight is 412 g/mol. The van der Waals surface area contributed by atoms with Gasteiger partial charge in [-0.1, -0.05) is 36.4 Å². The highest BCUT2D eigenvalue weighted by Gasteiger charge is 2.47. The van der Waals surface area contributed by atoms with Crippen molar-refractivity contribution in [2.24, 2.45) is 0 Å². The summed E-state index contributed by atoms with van der Waals surface area (Å²) in [6.45, 7) is 0. The van der Waals surface area contributed by atoms with Gasteiger partial charge in [-0.25, -0.2) is 4.79 Å². The standard InChI is InChI=1S/C24H20N4O3/c29-21(26-20-11-19(13-25-14-20)15-4-2-1-3-5-15)17-6-7-18-12-24(9-8-16(18)10-17)22(30)27-23(31)28-24/h1-7,10-11,13-14H,8-9,12H2,(H,26,29)(H2,27,28,30,31). The van der Waals surface area contributed by atoms with Crippen molar-refractivity contribution in [3.05, 3.63) is 83.7 Å². The number of nitrogens with zero attached hydrogens (tertiary/aromatic N) is 1. The van der Waals surface area contributed by atoms with Gasteiger partial charge in [-0.2, -0.15) is 0 Å². The predicted molar refractivity (Wildman–Crippen MR) is 115 cm³/mol. The first kappa shape index (κ1) is 19.0. The molecule has 3 aromatic rings. The van der Waals surface area contributed by atoms with Crippen LogP contribution in [0.3, 0.4) is 0 Å². The highest BCUT2D eigenvalue weighted by atomic mass is 16.2. The van der Waals surface area contributed by atoms with E-state index in [-0.39, 0.29) is 11.8 Å². The van der Waals surface area contributed by atoms with Gasteiger partial charge in [-0.05, 0) is 47.7 Å². The van der Waals surface area contributed by atoms with E-state index in [0.29, 0.717) is 30.5 Å². The van der Waals surface area contributed by atoms with E-state index in [1.54, 1.807) is 18.5 Å². The van der Waals surface area contributed by atoms with Gasteiger partial charge in [-0.15, -0.1) is 0 Å². The van der Waals surface area contributed by atoms with Crippen LogP contribution >= 0.6 is 0 Å². The lowest BCUT2D eigenvalue weighted by Gasteiger charge is -2.32. The first-order valence-corrected chi connectivity index (χ1v) is 10.1. The Morgan fingerprint density at radius 1 is 0.968 bits per heavy atom. The number of aromatic nitrogens is 1. The molecule has 1 aliphatic heterocycles. The molecule has 2 heterocycles. The number of urea groups is 1. The molecule has 2 aliphatic rings. The average Bonchev–Trinajstić information content (AvgIpc) is 3.06. The lowest BCUT2D eigenvalue weighted by atomic mass is 9.77. The van der Waals surface area contributed by atoms with Gasteiger partial charge in [-0.3, -0.25) is 19.9 Å². The number of benzene rings is 2. The largest absolute Gasteiger partial charge is 0.323 e. The second-order valence-corrected chi connectivity index (χ2v) is 7.93. The first-order chi connectivity index (χ1) is 15.0. The summed E-state index contributed by atoms with van der Waals surface area (Å²) >= 11 is 0. The first-order valence-electron chi connectivity index (χ1n) is 10.1. The molecule has 7 nitrogen and oxygen atoms in total. The normalized spacial score (nSPS) is 19.5. The van der Waals surface area contributed by atoms with Crippen molar-refractivity contribution in [2.75, 3.05) is 5.32 Å². The molecule has 7 heteroatoms. The highest BCUT2D eigenvalue weighted by molar-refractivity contribution is 6.07. The van der Waals surface area contributed by atoms with Gasteiger partial charge in [0.25, 0.3) is 11.8 Å². The van der Waals surface area contributed by atoms with Crippen molar-refractivity contribution < 1.29 is 14.4 Å². The molecular weight excluding hydrogens is 392 g/mol. The van der Waals surface area contributed by atoms with Crippen LogP contribution < -0.4 is 16.0 Å². The van der Waals surface area contributed by atoms with E-state index in [1.807, 2.05) is 48.5 Å². The predicted octanol–water partition coefficient (Wildman–Crippen LogP) is 3.07. The Kier molecular flexibility index (Phi) is 4.51. The number of nitrogens with one attached hydrogen (secondary N) is 3. The zero-order valence-corrected chi connectivity index (χ0v) is 16.6. The van der Waals surface area contributed by atoms with Gasteiger partial charge in [0.15, 0.2) is 0 Å². The Morgan fingerprint density at radius 3 is 2.58 bits per heavy atom. The molecule has 0 saturated carbocycles. The highest BCUT2D eigenvalue weighted by Crippen LogP contribution is 2.32. The minimum Gasteiger partial charge on any atom is -0.323 e. The van der Waals surface area contributed by atoms with E-state index >= 15 is 0 Å². The van der Waals surface area contributed by atoms with Gasteiger partial charge in [0.1, 0.15) is 5.54 Å². The number of fused-ring (bicyclic) bond motifs is 1. The van der Waals surface area contributed by atoms with E-state index in [1.165, 1.54) is 0 Å². The maximum absolute atomic E-state index is 12.8. The van der Waals surface area contributed by atoms with E-state index in [4.69, 9.17) is 0 Å². The Bertz CT molecular complexity index is 1210. The van der Waals surface area contributed by atoms with Gasteiger partial charge in [0, 0.05) is 23.7 Å². The molecule has 0 bridgehead atoms. The summed E-state index contributed by atoms with van der Waals surface area (Å²) in [7, 11) is 0. The maximum Gasteiger partial charge on any atom is 0.322 e. The molecular formula is C24H20N4O3. The van der Waals surface area contributed by atoms with Gasteiger partial charge >= 0.3 is 6.03 Å². The van der Waals surface area contributed by atoms with Crippen molar-refractivity contribution in [1.29, 1.82) is 0 Å². The summed E-state index contributed by atoms with van der Waals surface area (Å²) < 4.78 is 0. The minimum atomic E-state index is -0.878. The molecule has 31 heavy (non-hydrogen) atoms. The molecule has 1 atom stereocenters. The monoisotopic (exact) mass is 412 g/mol. The summed E-state index contributed by atoms with van der Waals surface area (Å²) in [5, 5.41) is 8.00. The molecule has 0 radical (unpaired) electrons. The SMILES string of the molecule is O=C1NC(=O)C2(CCc3cc(C(=O)Nc4cncc(-c5ccccc5)c4)ccc3C2)N1. The molecule has 2 aromatic carbocycles. The number of imide groups is 1. The van der Waals surface area contributed by atoms with Crippen LogP contribution in [-0.2, 0) is 17.6 Å². The Balaban J connectivity index is 1.34. The fraction of sp³-hybridized carbons (Fsp3) is 0.167. The van der Waals surface area contributed by atoms with Crippen molar-refractivity contribution in [3.8, 4) is 11.1 Å². The molecule has 5 rings (SSSR count). The Morgan fingerprint density at radius 2 is 1.81 bits per heavy atom. The number of aryl methyl sites for hydroxylation is 1. The number of anilines is 1. The summed E-state index contributed by atoms with van der Waals surface area (Å²) in [6, 6.07) is 16.8. The third kappa shape index (κ3) is 3.54. The van der Waals surface area contributed by atoms with Crippen LogP contribution in [0.5, 0.6) is 0 Å². The Labute approximate surface area is 178 Å². The number of carbonyl (C=O) groups is 3. The molecule has 1 fully saturated rings. The Hall–Kier alpha value is -4.00. The lowest BCUT2D eigenvalue weighted by Crippen LogP contribution is -2.51. The third-order valence-corrected chi connectivity index (χ3v) is 5.90. The molecule has 4 amide bonds. The summed E-state index contributed by atoms with van der Waals surface area (Å²) in [6.07, 6.45) is 4.91. The van der Waals surface area contributed by atoms with E-state index < -0.39 is 11.6 Å². The molecule has 1 unspecified atom stereocenters. The zero-order chi connectivity index (χ0) is 21.4. The van der Waals surface area contributed by atoms with Crippen LogP contribution in [-0.4, -0.2) is 28.4 Å². The van der Waals surface area contributed by atoms with Crippen molar-refractivity contribution in [2.45, 2.75) is 24.8 Å². The van der Waals surface area contributed by atoms with Crippen LogP contribution in [0, 0.1) is 0 Å². The number of hydrogen-bond donors (Lipinski definition) is 3. The molecule has 154 valence electrons. The summed E-state index contributed by atoms with van der Waals surface area (Å²) in [5.41, 5.74) is 4.21. The lowest BCUT2D eigenvalue weighted by molar-refractivity contribution is -0.124. The zero-order valence-electron chi connectivity index (χ0n) is 16.6. The van der Waals surface area contributed by atoms with Crippen LogP contribution in [0.4, 0.5) is 10.5 Å². The van der Waals surface area contributed by atoms with Crippen molar-refractivity contribution in [1.82, 2.24) is 15.6 Å². The molecule has 1 aliphatic carbocycles. The number of rotatable bonds is 3. The number of pyridine rings is 1. The molecule has 1 saturated heterocycles. The van der Waals surface area contributed by atoms with E-state index in [2.05, 4.69) is 20.9 Å². The van der Waals surface area contributed by atoms with E-state index in [9.17, 15) is 14.4 Å². The van der Waals surface area contributed by atoms with E-state index in [0.717, 1.165) is 22.3 Å². The molecule has 3 N–H and O–H groups in total. The van der Waals surface area contributed by atoms with Crippen LogP contribution in [0.15, 0.2) is 67.0 Å². The fourth-order valence-corrected chi connectivity index (χ4v) is 4.26. The van der Waals surface area contributed by atoms with Gasteiger partial charge in [0.05, 0.1) is 11.9 Å².